The zero-order chi connectivity index (χ0) is 25.4. The average Bonchev–Trinajstić information content (AvgIpc) is 3.53. The van der Waals surface area contributed by atoms with Gasteiger partial charge in [-0.15, -0.1) is 6.58 Å². The first-order valence-electron chi connectivity index (χ1n) is 12.5. The Bertz CT molecular complexity index is 1020. The van der Waals surface area contributed by atoms with Crippen molar-refractivity contribution in [2.75, 3.05) is 18.5 Å². The number of aliphatic hydroxyl groups is 1. The number of amides is 1. The van der Waals surface area contributed by atoms with Crippen molar-refractivity contribution in [1.29, 1.82) is 0 Å². The number of aldehydes is 1. The van der Waals surface area contributed by atoms with Crippen LogP contribution in [0.2, 0.25) is 0 Å². The minimum atomic E-state index is -0.623. The molecule has 2 aromatic rings. The Labute approximate surface area is 208 Å². The van der Waals surface area contributed by atoms with Gasteiger partial charge in [-0.05, 0) is 63.3 Å². The van der Waals surface area contributed by atoms with Crippen molar-refractivity contribution in [2.24, 2.45) is 0 Å². The topological polar surface area (TPSA) is 103 Å². The Morgan fingerprint density at radius 3 is 2.63 bits per heavy atom. The lowest BCUT2D eigenvalue weighted by Gasteiger charge is -2.24. The lowest BCUT2D eigenvalue weighted by atomic mass is 9.79. The number of fused-ring (bicyclic) bond motifs is 2. The molecule has 2 unspecified atom stereocenters. The number of hydrogen-bond donors (Lipinski definition) is 4. The summed E-state index contributed by atoms with van der Waals surface area (Å²) >= 11 is 0. The van der Waals surface area contributed by atoms with E-state index in [-0.39, 0.29) is 18.6 Å². The third-order valence-corrected chi connectivity index (χ3v) is 7.07. The lowest BCUT2D eigenvalue weighted by Crippen LogP contribution is -2.38. The highest BCUT2D eigenvalue weighted by Gasteiger charge is 2.50. The minimum Gasteiger partial charge on any atom is -0.490 e. The van der Waals surface area contributed by atoms with E-state index in [0.29, 0.717) is 13.0 Å². The molecule has 0 saturated heterocycles. The summed E-state index contributed by atoms with van der Waals surface area (Å²) in [5, 5.41) is 16.9. The molecule has 1 aliphatic carbocycles. The molecule has 2 atom stereocenters. The number of rotatable bonds is 10. The Kier molecular flexibility index (Phi) is 9.29. The predicted molar refractivity (Wildman–Crippen MR) is 139 cm³/mol. The van der Waals surface area contributed by atoms with E-state index in [2.05, 4.69) is 49.2 Å². The fraction of sp³-hybridized carbons (Fsp3) is 0.500. The van der Waals surface area contributed by atoms with Crippen LogP contribution in [-0.4, -0.2) is 47.6 Å². The summed E-state index contributed by atoms with van der Waals surface area (Å²) < 4.78 is 6.03. The number of aryl methyl sites for hydroxylation is 1. The highest BCUT2D eigenvalue weighted by molar-refractivity contribution is 6.07. The van der Waals surface area contributed by atoms with E-state index < -0.39 is 11.5 Å². The third kappa shape index (κ3) is 6.21. The van der Waals surface area contributed by atoms with Gasteiger partial charge in [0.1, 0.15) is 24.7 Å². The molecule has 4 rings (SSSR count). The van der Waals surface area contributed by atoms with Gasteiger partial charge in [-0.1, -0.05) is 25.0 Å². The van der Waals surface area contributed by atoms with Gasteiger partial charge in [-0.25, -0.2) is 0 Å². The fourth-order valence-electron chi connectivity index (χ4n) is 4.98. The number of anilines is 1. The molecule has 4 N–H and O–H groups in total. The molecule has 1 fully saturated rings. The molecule has 190 valence electrons. The van der Waals surface area contributed by atoms with Crippen LogP contribution in [-0.2, 0) is 21.4 Å². The van der Waals surface area contributed by atoms with Crippen molar-refractivity contribution in [3.8, 4) is 5.75 Å². The summed E-state index contributed by atoms with van der Waals surface area (Å²) in [6.45, 7) is 10.3. The molecule has 1 aromatic carbocycles. The molecule has 0 bridgehead atoms. The van der Waals surface area contributed by atoms with Gasteiger partial charge in [0.25, 0.3) is 0 Å². The van der Waals surface area contributed by atoms with E-state index in [4.69, 9.17) is 4.74 Å². The summed E-state index contributed by atoms with van der Waals surface area (Å²) in [7, 11) is 0. The number of nitrogens with one attached hydrogen (secondary N) is 3. The van der Waals surface area contributed by atoms with Crippen molar-refractivity contribution in [3.63, 3.8) is 0 Å². The smallest absolute Gasteiger partial charge is 0.235 e. The Balaban J connectivity index is 0.000000623. The van der Waals surface area contributed by atoms with Crippen LogP contribution in [0.15, 0.2) is 37.1 Å². The van der Waals surface area contributed by atoms with Crippen LogP contribution < -0.4 is 15.4 Å². The number of H-pyrrole nitrogens is 1. The first kappa shape index (κ1) is 26.7. The molecule has 1 aromatic heterocycles. The molecule has 1 spiro atoms. The molecular formula is C28H39N3O4. The normalized spacial score (nSPS) is 17.2. The minimum absolute atomic E-state index is 0.0948. The van der Waals surface area contributed by atoms with Gasteiger partial charge < -0.3 is 30.3 Å². The molecule has 1 aliphatic heterocycles. The number of carbonyl (C=O) groups excluding carboxylic acids is 2. The number of ether oxygens (including phenoxy) is 1. The Hall–Kier alpha value is -2.90. The largest absolute Gasteiger partial charge is 0.490 e. The third-order valence-electron chi connectivity index (χ3n) is 7.07. The number of aliphatic hydroxyl groups excluding tert-OH is 1. The van der Waals surface area contributed by atoms with Gasteiger partial charge in [0.2, 0.25) is 5.91 Å². The molecule has 7 nitrogen and oxygen atoms in total. The van der Waals surface area contributed by atoms with E-state index in [1.54, 1.807) is 6.08 Å². The van der Waals surface area contributed by atoms with Crippen LogP contribution in [0.4, 0.5) is 5.69 Å². The van der Waals surface area contributed by atoms with Crippen LogP contribution in [0, 0.1) is 13.8 Å². The average molecular weight is 482 g/mol. The van der Waals surface area contributed by atoms with Crippen molar-refractivity contribution in [2.45, 2.75) is 76.9 Å². The van der Waals surface area contributed by atoms with Crippen LogP contribution in [0.1, 0.15) is 61.4 Å². The van der Waals surface area contributed by atoms with E-state index in [1.165, 1.54) is 16.8 Å². The highest BCUT2D eigenvalue weighted by atomic mass is 16.5. The van der Waals surface area contributed by atoms with Gasteiger partial charge in [0.15, 0.2) is 0 Å². The van der Waals surface area contributed by atoms with Crippen molar-refractivity contribution in [3.05, 3.63) is 59.4 Å². The quantitative estimate of drug-likeness (QED) is 0.302. The van der Waals surface area contributed by atoms with E-state index in [1.807, 2.05) is 18.2 Å². The second-order valence-corrected chi connectivity index (χ2v) is 9.66. The van der Waals surface area contributed by atoms with Crippen molar-refractivity contribution >= 4 is 17.9 Å². The number of aromatic nitrogens is 1. The summed E-state index contributed by atoms with van der Waals surface area (Å²) in [5.74, 6) is 0.815. The second kappa shape index (κ2) is 12.2. The fourth-order valence-corrected chi connectivity index (χ4v) is 4.98. The number of aromatic amines is 1. The maximum Gasteiger partial charge on any atom is 0.235 e. The zero-order valence-corrected chi connectivity index (χ0v) is 21.2. The number of benzene rings is 1. The number of carbonyl (C=O) groups is 2. The van der Waals surface area contributed by atoms with Gasteiger partial charge in [0.05, 0.1) is 5.41 Å². The van der Waals surface area contributed by atoms with Gasteiger partial charge in [0, 0.05) is 42.1 Å². The first-order chi connectivity index (χ1) is 16.8. The zero-order valence-electron chi connectivity index (χ0n) is 21.2. The lowest BCUT2D eigenvalue weighted by molar-refractivity contribution is -0.120. The number of hydrogen-bond acceptors (Lipinski definition) is 5. The molecule has 2 heterocycles. The maximum atomic E-state index is 12.7. The molecule has 7 heteroatoms. The Morgan fingerprint density at radius 1 is 1.29 bits per heavy atom. The molecule has 1 saturated carbocycles. The second-order valence-electron chi connectivity index (χ2n) is 9.66. The molecule has 0 radical (unpaired) electrons. The molecule has 35 heavy (non-hydrogen) atoms. The summed E-state index contributed by atoms with van der Waals surface area (Å²) in [6, 6.07) is 6.01. The van der Waals surface area contributed by atoms with Crippen LogP contribution in [0.5, 0.6) is 5.75 Å². The van der Waals surface area contributed by atoms with Crippen molar-refractivity contribution < 1.29 is 19.4 Å². The summed E-state index contributed by atoms with van der Waals surface area (Å²) in [5.41, 5.74) is 5.20. The standard InChI is InChI=1S/C24H33N3O3.C4H6O/c1-15(11-18-12-26-17(3)16(18)2)25-13-19(28)14-30-21-8-6-7-20-22(21)24(23(29)27-20)9-4-5-10-24;1-2-3-4-5/h6-8,12,15,19,25-26,28H,4-5,9-11,13-14H2,1-3H3,(H,27,29);2,4H,1,3H2. The molecular weight excluding hydrogens is 442 g/mol. The number of allylic oxidation sites excluding steroid dienone is 1. The molecule has 2 aliphatic rings. The van der Waals surface area contributed by atoms with Crippen LogP contribution in [0.3, 0.4) is 0 Å². The van der Waals surface area contributed by atoms with Gasteiger partial charge >= 0.3 is 0 Å². The molecule has 1 amide bonds. The van der Waals surface area contributed by atoms with E-state index in [9.17, 15) is 14.7 Å². The van der Waals surface area contributed by atoms with E-state index >= 15 is 0 Å². The Morgan fingerprint density at radius 2 is 2.03 bits per heavy atom. The van der Waals surface area contributed by atoms with E-state index in [0.717, 1.165) is 55.4 Å². The monoisotopic (exact) mass is 481 g/mol. The highest BCUT2D eigenvalue weighted by Crippen LogP contribution is 2.52. The first-order valence-corrected chi connectivity index (χ1v) is 12.5. The van der Waals surface area contributed by atoms with Crippen molar-refractivity contribution in [1.82, 2.24) is 10.3 Å². The SMILES string of the molecule is C=CCC=O.Cc1[nH]cc(CC(C)NCC(O)COc2cccc3c2C2(CCCC2)C(=O)N3)c1C. The van der Waals surface area contributed by atoms with Crippen LogP contribution >= 0.6 is 0 Å². The van der Waals surface area contributed by atoms with Gasteiger partial charge in [-0.3, -0.25) is 4.79 Å². The maximum absolute atomic E-state index is 12.7. The predicted octanol–water partition coefficient (Wildman–Crippen LogP) is 4.12. The summed E-state index contributed by atoms with van der Waals surface area (Å²) in [6.07, 6.45) is 9.05. The summed E-state index contributed by atoms with van der Waals surface area (Å²) in [4.78, 5) is 25.3. The van der Waals surface area contributed by atoms with Crippen LogP contribution in [0.25, 0.3) is 0 Å². The van der Waals surface area contributed by atoms with Gasteiger partial charge in [-0.2, -0.15) is 0 Å².